The van der Waals surface area contributed by atoms with Crippen molar-refractivity contribution in [3.63, 3.8) is 0 Å². The number of hydrogen-bond acceptors (Lipinski definition) is 3. The van der Waals surface area contributed by atoms with Gasteiger partial charge >= 0.3 is 0 Å². The fourth-order valence-electron chi connectivity index (χ4n) is 15.6. The molecule has 4 nitrogen and oxygen atoms in total. The quantitative estimate of drug-likeness (QED) is 0.135. The van der Waals surface area contributed by atoms with Crippen molar-refractivity contribution in [1.29, 1.82) is 0 Å². The predicted octanol–water partition coefficient (Wildman–Crippen LogP) is 24.7. The van der Waals surface area contributed by atoms with E-state index < -0.39 is 43.0 Å². The van der Waals surface area contributed by atoms with Crippen LogP contribution in [0.4, 0.5) is 34.1 Å². The maximum absolute atomic E-state index is 9.83. The number of nitrogens with zero attached hydrogens (tertiary/aromatic N) is 3. The van der Waals surface area contributed by atoms with Gasteiger partial charge in [0.25, 0.3) is 6.71 Å². The molecule has 14 aromatic carbocycles. The highest BCUT2D eigenvalue weighted by atomic mass is 16.3. The monoisotopic (exact) mass is 1310 g/mol. The Morgan fingerprint density at radius 1 is 0.317 bits per heavy atom. The van der Waals surface area contributed by atoms with Crippen LogP contribution in [0.3, 0.4) is 0 Å². The van der Waals surface area contributed by atoms with Crippen LogP contribution in [0.15, 0.2) is 314 Å². The van der Waals surface area contributed by atoms with E-state index in [9.17, 15) is 8.22 Å². The highest BCUT2D eigenvalue weighted by Gasteiger charge is 2.46. The van der Waals surface area contributed by atoms with Crippen molar-refractivity contribution < 1.29 is 15.4 Å². The van der Waals surface area contributed by atoms with Gasteiger partial charge in [0.05, 0.1) is 27.7 Å². The van der Waals surface area contributed by atoms with Gasteiger partial charge in [-0.05, 0) is 190 Å². The zero-order valence-electron chi connectivity index (χ0n) is 66.2. The molecule has 0 saturated carbocycles. The molecule has 101 heavy (non-hydrogen) atoms. The van der Waals surface area contributed by atoms with E-state index in [-0.39, 0.29) is 50.1 Å². The fraction of sp³-hybridized carbons (Fsp3) is 0.125. The first kappa shape index (κ1) is 53.3. The van der Waals surface area contributed by atoms with E-state index in [2.05, 4.69) is 303 Å². The number of anilines is 6. The summed E-state index contributed by atoms with van der Waals surface area (Å²) in [6.07, 6.45) is 0. The molecule has 0 unspecified atom stereocenters. The Kier molecular flexibility index (Phi) is 12.4. The van der Waals surface area contributed by atoms with Gasteiger partial charge in [0.15, 0.2) is 0 Å². The molecule has 2 aliphatic rings. The second-order valence-electron chi connectivity index (χ2n) is 30.3. The van der Waals surface area contributed by atoms with Crippen molar-refractivity contribution in [3.8, 4) is 72.4 Å². The van der Waals surface area contributed by atoms with Gasteiger partial charge in [-0.3, -0.25) is 0 Å². The Hall–Kier alpha value is -11.7. The Labute approximate surface area is 604 Å². The molecule has 2 aliphatic heterocycles. The lowest BCUT2D eigenvalue weighted by atomic mass is 9.33. The Balaban J connectivity index is 1.05. The first-order valence-corrected chi connectivity index (χ1v) is 35.0. The molecule has 0 aliphatic carbocycles. The largest absolute Gasteiger partial charge is 0.456 e. The molecule has 0 atom stereocenters. The Morgan fingerprint density at radius 2 is 0.782 bits per heavy atom. The Bertz CT molecular complexity index is 6240. The summed E-state index contributed by atoms with van der Waals surface area (Å²) in [5, 5.41) is 1.95. The fourth-order valence-corrected chi connectivity index (χ4v) is 15.6. The van der Waals surface area contributed by atoms with Crippen LogP contribution in [0.25, 0.3) is 116 Å². The number of aromatic nitrogens is 1. The zero-order chi connectivity index (χ0) is 75.6. The summed E-state index contributed by atoms with van der Waals surface area (Å²) in [5.74, 6) is 0. The molecule has 0 fully saturated rings. The van der Waals surface area contributed by atoms with E-state index in [0.717, 1.165) is 139 Å². The normalized spacial score (nSPS) is 14.0. The second kappa shape index (κ2) is 23.5. The second-order valence-corrected chi connectivity index (χ2v) is 30.3. The van der Waals surface area contributed by atoms with Crippen molar-refractivity contribution in [2.24, 2.45) is 0 Å². The van der Waals surface area contributed by atoms with Crippen molar-refractivity contribution in [2.45, 2.75) is 78.6 Å². The minimum absolute atomic E-state index is 0.00579. The van der Waals surface area contributed by atoms with Crippen LogP contribution in [-0.2, 0) is 16.2 Å². The lowest BCUT2D eigenvalue weighted by Crippen LogP contribution is -2.61. The molecule has 0 amide bonds. The van der Waals surface area contributed by atoms with Gasteiger partial charge in [-0.25, -0.2) is 0 Å². The topological polar surface area (TPSA) is 24.6 Å². The van der Waals surface area contributed by atoms with E-state index in [0.29, 0.717) is 5.69 Å². The molecular formula is C96H78BN3O. The first-order valence-electron chi connectivity index (χ1n) is 39.0. The van der Waals surface area contributed by atoms with Crippen LogP contribution in [0.1, 0.15) is 90.0 Å². The number of furan rings is 1. The third-order valence-electron chi connectivity index (χ3n) is 20.8. The summed E-state index contributed by atoms with van der Waals surface area (Å²) in [4.78, 5) is 4.97. The summed E-state index contributed by atoms with van der Waals surface area (Å²) < 4.78 is 83.9. The average Bonchev–Trinajstić information content (AvgIpc) is 1.35. The average molecular weight is 1310 g/mol. The van der Waals surface area contributed by atoms with Crippen LogP contribution in [0.5, 0.6) is 0 Å². The van der Waals surface area contributed by atoms with Crippen LogP contribution < -0.4 is 26.2 Å². The van der Waals surface area contributed by atoms with Gasteiger partial charge in [0.1, 0.15) is 11.2 Å². The molecule has 0 saturated heterocycles. The standard InChI is InChI=1S/C96H78BN3O/c1-94(2,3)70-50-68(51-71(57-70)95(4,5)6)65-45-47-81-85(54-65)100(93-79(63-33-18-12-19-34-63)58-72(96(7,8)9)59-80(93)64-35-20-13-21-36-64)88-56-69(75-40-28-44-90-91(75)78-39-24-27-43-89(78)101-90)55-87-92(88)97(81)82-48-46-73(98-83-41-25-22-37-76(83)77-38-23-26-42-84(77)98)60-86(82)99(87)74-52-66(61-29-14-10-15-30-61)49-67(53-74)62-31-16-11-17-32-62/h10-60H,1-9H3/i22D,23D,25D,26D,37D,38D,41D,42D. The molecule has 18 rings (SSSR count). The van der Waals surface area contributed by atoms with Crippen molar-refractivity contribution >= 4 is 101 Å². The smallest absolute Gasteiger partial charge is 0.252 e. The van der Waals surface area contributed by atoms with Gasteiger partial charge in [-0.2, -0.15) is 0 Å². The van der Waals surface area contributed by atoms with Crippen molar-refractivity contribution in [1.82, 2.24) is 4.57 Å². The Morgan fingerprint density at radius 3 is 1.35 bits per heavy atom. The summed E-state index contributed by atoms with van der Waals surface area (Å²) in [6, 6.07) is 90.5. The van der Waals surface area contributed by atoms with E-state index in [4.69, 9.17) is 7.16 Å². The van der Waals surface area contributed by atoms with Crippen LogP contribution in [0, 0.1) is 0 Å². The molecule has 16 aromatic rings. The molecule has 0 radical (unpaired) electrons. The highest BCUT2D eigenvalue weighted by Crippen LogP contribution is 2.54. The van der Waals surface area contributed by atoms with Crippen molar-refractivity contribution in [3.05, 3.63) is 326 Å². The number of fused-ring (bicyclic) bond motifs is 10. The van der Waals surface area contributed by atoms with Gasteiger partial charge in [-0.15, -0.1) is 0 Å². The summed E-state index contributed by atoms with van der Waals surface area (Å²) in [5.41, 5.74) is 25.5. The van der Waals surface area contributed by atoms with Gasteiger partial charge in [0.2, 0.25) is 0 Å². The maximum atomic E-state index is 9.83. The third-order valence-corrected chi connectivity index (χ3v) is 20.8. The van der Waals surface area contributed by atoms with E-state index >= 15 is 0 Å². The minimum Gasteiger partial charge on any atom is -0.456 e. The third kappa shape index (κ3) is 10.4. The van der Waals surface area contributed by atoms with Gasteiger partial charge < -0.3 is 18.8 Å². The molecule has 0 bridgehead atoms. The SMILES string of the molecule is [2H]c1c([2H])c([2H])c2c(c1[2H])c1c([2H])c([2H])c([2H])c([2H])c1n2-c1ccc2c(c1)N(c1cc(-c3ccccc3)cc(-c3ccccc3)c1)c1cc(-c3cccc4oc5ccccc5c34)cc3c1B2c1ccc(-c2cc(C(C)(C)C)cc(C(C)(C)C)c2)cc1N3c1c(-c2ccccc2)cc(C(C)(C)C)cc1-c1ccccc1. The molecule has 486 valence electrons. The van der Waals surface area contributed by atoms with Crippen molar-refractivity contribution in [2.75, 3.05) is 9.80 Å². The number of benzene rings is 14. The van der Waals surface area contributed by atoms with Gasteiger partial charge in [0, 0.05) is 66.8 Å². The van der Waals surface area contributed by atoms with E-state index in [1.165, 1.54) is 16.7 Å². The minimum atomic E-state index is -0.510. The maximum Gasteiger partial charge on any atom is 0.252 e. The number of para-hydroxylation sites is 3. The summed E-state index contributed by atoms with van der Waals surface area (Å²) in [7, 11) is 0. The van der Waals surface area contributed by atoms with E-state index in [1.54, 1.807) is 4.57 Å². The van der Waals surface area contributed by atoms with Crippen LogP contribution >= 0.6 is 0 Å². The predicted molar refractivity (Wildman–Crippen MR) is 431 cm³/mol. The summed E-state index contributed by atoms with van der Waals surface area (Å²) >= 11 is 0. The first-order chi connectivity index (χ1) is 52.3. The van der Waals surface area contributed by atoms with Gasteiger partial charge in [-0.1, -0.05) is 287 Å². The molecule has 5 heteroatoms. The molecule has 0 spiro atoms. The number of hydrogen-bond donors (Lipinski definition) is 0. The molecule has 4 heterocycles. The molecule has 0 N–H and O–H groups in total. The number of rotatable bonds is 9. The molecular weight excluding hydrogens is 1220 g/mol. The zero-order valence-corrected chi connectivity index (χ0v) is 58.2. The van der Waals surface area contributed by atoms with E-state index in [1.807, 2.05) is 30.3 Å². The van der Waals surface area contributed by atoms with Crippen LogP contribution in [-0.4, -0.2) is 11.3 Å². The van der Waals surface area contributed by atoms with Crippen LogP contribution in [0.2, 0.25) is 0 Å². The molecule has 2 aromatic heterocycles. The lowest BCUT2D eigenvalue weighted by Gasteiger charge is -2.45. The summed E-state index contributed by atoms with van der Waals surface area (Å²) in [6.45, 7) is 20.1. The lowest BCUT2D eigenvalue weighted by molar-refractivity contribution is 0.569. The highest BCUT2D eigenvalue weighted by molar-refractivity contribution is 7.00.